The average Bonchev–Trinajstić information content (AvgIpc) is 2.84. The molecule has 1 rings (SSSR count). The molecule has 0 fully saturated rings. The number of thiophene rings is 1. The highest BCUT2D eigenvalue weighted by molar-refractivity contribution is 7.11. The Morgan fingerprint density at radius 1 is 1.21 bits per heavy atom. The lowest BCUT2D eigenvalue weighted by Crippen LogP contribution is -2.44. The lowest BCUT2D eigenvalue weighted by atomic mass is 10.1. The summed E-state index contributed by atoms with van der Waals surface area (Å²) in [5.74, 6) is 1.51. The standard InChI is InChI=1S/C15H27N3S/c1-6-13-8-9-14(19-13)10-17-15(16-7-2)18-12(5)11(3)4/h8-9,11-12H,6-7,10H2,1-5H3,(H2,16,17,18). The highest BCUT2D eigenvalue weighted by Crippen LogP contribution is 2.17. The van der Waals surface area contributed by atoms with E-state index in [4.69, 9.17) is 0 Å². The molecule has 1 atom stereocenters. The minimum atomic E-state index is 0.423. The quantitative estimate of drug-likeness (QED) is 0.619. The van der Waals surface area contributed by atoms with Crippen molar-refractivity contribution in [2.75, 3.05) is 6.54 Å². The van der Waals surface area contributed by atoms with Crippen LogP contribution in [-0.4, -0.2) is 18.5 Å². The van der Waals surface area contributed by atoms with Gasteiger partial charge in [0.1, 0.15) is 0 Å². The predicted molar refractivity (Wildman–Crippen MR) is 85.9 cm³/mol. The van der Waals surface area contributed by atoms with E-state index >= 15 is 0 Å². The molecular formula is C15H27N3S. The van der Waals surface area contributed by atoms with Crippen LogP contribution < -0.4 is 10.6 Å². The van der Waals surface area contributed by atoms with E-state index in [1.54, 1.807) is 0 Å². The molecule has 0 aliphatic heterocycles. The molecular weight excluding hydrogens is 254 g/mol. The van der Waals surface area contributed by atoms with Crippen LogP contribution in [0.15, 0.2) is 17.1 Å². The van der Waals surface area contributed by atoms with Gasteiger partial charge in [0.05, 0.1) is 6.54 Å². The molecule has 0 bridgehead atoms. The maximum atomic E-state index is 4.66. The number of nitrogens with one attached hydrogen (secondary N) is 2. The van der Waals surface area contributed by atoms with Crippen LogP contribution in [0.5, 0.6) is 0 Å². The molecule has 4 heteroatoms. The number of hydrogen-bond donors (Lipinski definition) is 2. The molecule has 0 saturated carbocycles. The topological polar surface area (TPSA) is 36.4 Å². The van der Waals surface area contributed by atoms with E-state index in [1.165, 1.54) is 9.75 Å². The first-order valence-corrected chi connectivity index (χ1v) is 8.00. The van der Waals surface area contributed by atoms with Crippen LogP contribution in [0.25, 0.3) is 0 Å². The molecule has 0 saturated heterocycles. The summed E-state index contributed by atoms with van der Waals surface area (Å²) in [6.07, 6.45) is 1.11. The largest absolute Gasteiger partial charge is 0.357 e. The molecule has 3 nitrogen and oxygen atoms in total. The summed E-state index contributed by atoms with van der Waals surface area (Å²) in [5.41, 5.74) is 0. The number of guanidine groups is 1. The van der Waals surface area contributed by atoms with E-state index in [9.17, 15) is 0 Å². The van der Waals surface area contributed by atoms with Gasteiger partial charge in [0.15, 0.2) is 5.96 Å². The summed E-state index contributed by atoms with van der Waals surface area (Å²) in [5, 5.41) is 6.75. The fourth-order valence-corrected chi connectivity index (χ4v) is 2.44. The Hall–Kier alpha value is -1.03. The number of rotatable bonds is 6. The van der Waals surface area contributed by atoms with Crippen LogP contribution in [0.1, 0.15) is 44.4 Å². The molecule has 0 radical (unpaired) electrons. The Labute approximate surface area is 121 Å². The molecule has 0 aliphatic rings. The summed E-state index contributed by atoms with van der Waals surface area (Å²) in [7, 11) is 0. The predicted octanol–water partition coefficient (Wildman–Crippen LogP) is 3.41. The van der Waals surface area contributed by atoms with Crippen LogP contribution in [0, 0.1) is 5.92 Å². The molecule has 108 valence electrons. The maximum absolute atomic E-state index is 4.66. The third kappa shape index (κ3) is 5.64. The molecule has 0 aliphatic carbocycles. The van der Waals surface area contributed by atoms with Crippen molar-refractivity contribution in [2.45, 2.75) is 53.6 Å². The molecule has 0 aromatic carbocycles. The van der Waals surface area contributed by atoms with Gasteiger partial charge in [-0.2, -0.15) is 0 Å². The molecule has 0 spiro atoms. The van der Waals surface area contributed by atoms with Gasteiger partial charge in [0.25, 0.3) is 0 Å². The van der Waals surface area contributed by atoms with Crippen molar-refractivity contribution in [2.24, 2.45) is 10.9 Å². The number of nitrogens with zero attached hydrogens (tertiary/aromatic N) is 1. The highest BCUT2D eigenvalue weighted by Gasteiger charge is 2.08. The lowest BCUT2D eigenvalue weighted by molar-refractivity contribution is 0.481. The van der Waals surface area contributed by atoms with Gasteiger partial charge in [-0.3, -0.25) is 0 Å². The first-order chi connectivity index (χ1) is 9.06. The first kappa shape index (κ1) is 16.0. The summed E-state index contributed by atoms with van der Waals surface area (Å²) in [4.78, 5) is 7.41. The van der Waals surface area contributed by atoms with Gasteiger partial charge in [-0.1, -0.05) is 20.8 Å². The van der Waals surface area contributed by atoms with E-state index in [0.29, 0.717) is 12.0 Å². The number of aliphatic imine (C=N–C) groups is 1. The highest BCUT2D eigenvalue weighted by atomic mass is 32.1. The first-order valence-electron chi connectivity index (χ1n) is 7.19. The van der Waals surface area contributed by atoms with Crippen LogP contribution in [0.2, 0.25) is 0 Å². The van der Waals surface area contributed by atoms with Crippen molar-refractivity contribution in [1.82, 2.24) is 10.6 Å². The zero-order chi connectivity index (χ0) is 14.3. The van der Waals surface area contributed by atoms with Crippen molar-refractivity contribution >= 4 is 17.3 Å². The second-order valence-corrected chi connectivity index (χ2v) is 6.35. The Kier molecular flexibility index (Phi) is 6.92. The summed E-state index contributed by atoms with van der Waals surface area (Å²) in [6, 6.07) is 4.81. The van der Waals surface area contributed by atoms with Crippen LogP contribution in [0.3, 0.4) is 0 Å². The van der Waals surface area contributed by atoms with Crippen molar-refractivity contribution in [3.8, 4) is 0 Å². The van der Waals surface area contributed by atoms with Crippen molar-refractivity contribution in [3.05, 3.63) is 21.9 Å². The molecule has 1 aromatic rings. The van der Waals surface area contributed by atoms with Gasteiger partial charge in [-0.25, -0.2) is 4.99 Å². The minimum absolute atomic E-state index is 0.423. The Morgan fingerprint density at radius 2 is 1.89 bits per heavy atom. The Balaban J connectivity index is 2.61. The molecule has 19 heavy (non-hydrogen) atoms. The van der Waals surface area contributed by atoms with Gasteiger partial charge in [0, 0.05) is 22.3 Å². The van der Waals surface area contributed by atoms with Crippen LogP contribution in [0.4, 0.5) is 0 Å². The second kappa shape index (κ2) is 8.20. The van der Waals surface area contributed by atoms with E-state index in [1.807, 2.05) is 11.3 Å². The van der Waals surface area contributed by atoms with Gasteiger partial charge >= 0.3 is 0 Å². The smallest absolute Gasteiger partial charge is 0.191 e. The van der Waals surface area contributed by atoms with Crippen molar-refractivity contribution < 1.29 is 0 Å². The molecule has 1 unspecified atom stereocenters. The second-order valence-electron chi connectivity index (χ2n) is 5.09. The van der Waals surface area contributed by atoms with Gasteiger partial charge in [0.2, 0.25) is 0 Å². The molecule has 2 N–H and O–H groups in total. The van der Waals surface area contributed by atoms with Crippen LogP contribution >= 0.6 is 11.3 Å². The molecule has 0 amide bonds. The van der Waals surface area contributed by atoms with E-state index < -0.39 is 0 Å². The SMILES string of the molecule is CCNC(=NCc1ccc(CC)s1)NC(C)C(C)C. The normalized spacial score (nSPS) is 13.7. The van der Waals surface area contributed by atoms with Crippen molar-refractivity contribution in [3.63, 3.8) is 0 Å². The fraction of sp³-hybridized carbons (Fsp3) is 0.667. The van der Waals surface area contributed by atoms with E-state index in [2.05, 4.69) is 62.4 Å². The number of aryl methyl sites for hydroxylation is 1. The van der Waals surface area contributed by atoms with Gasteiger partial charge in [-0.05, 0) is 38.3 Å². The Bertz CT molecular complexity index is 396. The monoisotopic (exact) mass is 281 g/mol. The molecule has 1 aromatic heterocycles. The summed E-state index contributed by atoms with van der Waals surface area (Å²) >= 11 is 1.86. The summed E-state index contributed by atoms with van der Waals surface area (Å²) in [6.45, 7) is 12.6. The van der Waals surface area contributed by atoms with E-state index in [-0.39, 0.29) is 0 Å². The Morgan fingerprint density at radius 3 is 2.42 bits per heavy atom. The minimum Gasteiger partial charge on any atom is -0.357 e. The molecule has 1 heterocycles. The third-order valence-corrected chi connectivity index (χ3v) is 4.38. The zero-order valence-corrected chi connectivity index (χ0v) is 13.6. The van der Waals surface area contributed by atoms with Gasteiger partial charge < -0.3 is 10.6 Å². The van der Waals surface area contributed by atoms with E-state index in [0.717, 1.165) is 25.5 Å². The lowest BCUT2D eigenvalue weighted by Gasteiger charge is -2.20. The number of hydrogen-bond acceptors (Lipinski definition) is 2. The van der Waals surface area contributed by atoms with Gasteiger partial charge in [-0.15, -0.1) is 11.3 Å². The van der Waals surface area contributed by atoms with Crippen molar-refractivity contribution in [1.29, 1.82) is 0 Å². The maximum Gasteiger partial charge on any atom is 0.191 e. The fourth-order valence-electron chi connectivity index (χ4n) is 1.56. The average molecular weight is 281 g/mol. The van der Waals surface area contributed by atoms with Crippen LogP contribution in [-0.2, 0) is 13.0 Å². The zero-order valence-electron chi connectivity index (χ0n) is 12.8. The summed E-state index contributed by atoms with van der Waals surface area (Å²) < 4.78 is 0. The third-order valence-electron chi connectivity index (χ3n) is 3.17.